The number of nitrogens with one attached hydrogen (secondary N) is 1. The molecule has 0 radical (unpaired) electrons. The van der Waals surface area contributed by atoms with Crippen LogP contribution in [0.2, 0.25) is 5.02 Å². The van der Waals surface area contributed by atoms with E-state index >= 15 is 0 Å². The number of hydrogen-bond acceptors (Lipinski definition) is 4. The molecule has 2 N–H and O–H groups in total. The van der Waals surface area contributed by atoms with Crippen LogP contribution < -0.4 is 5.32 Å². The van der Waals surface area contributed by atoms with Crippen LogP contribution in [-0.2, 0) is 9.84 Å². The molecule has 0 amide bonds. The lowest BCUT2D eigenvalue weighted by Gasteiger charge is -2.12. The van der Waals surface area contributed by atoms with Crippen LogP contribution in [0.3, 0.4) is 0 Å². The summed E-state index contributed by atoms with van der Waals surface area (Å²) in [5, 5.41) is 13.1. The van der Waals surface area contributed by atoms with Crippen molar-refractivity contribution in [3.05, 3.63) is 29.3 Å². The lowest BCUT2D eigenvalue weighted by molar-refractivity contribution is 0.194. The van der Waals surface area contributed by atoms with E-state index in [1.165, 1.54) is 24.3 Å². The smallest absolute Gasteiger partial charge is 0.180 e. The van der Waals surface area contributed by atoms with E-state index in [1.54, 1.807) is 0 Å². The van der Waals surface area contributed by atoms with Gasteiger partial charge in [-0.1, -0.05) is 18.5 Å². The Morgan fingerprint density at radius 2 is 1.94 bits per heavy atom. The first kappa shape index (κ1) is 15.4. The fraction of sp³-hybridized carbons (Fsp3) is 0.500. The standard InChI is InChI=1S/C12H18ClNO3S/c1-2-7-14-8-11(15)9-18(16,17)12-5-3-10(13)4-6-12/h3-6,11,14-15H,2,7-9H2,1H3. The lowest BCUT2D eigenvalue weighted by atomic mass is 10.4. The molecule has 0 bridgehead atoms. The predicted octanol–water partition coefficient (Wildman–Crippen LogP) is 1.47. The summed E-state index contributed by atoms with van der Waals surface area (Å²) < 4.78 is 23.9. The van der Waals surface area contributed by atoms with E-state index in [-0.39, 0.29) is 17.2 Å². The maximum atomic E-state index is 12.0. The molecule has 1 aromatic carbocycles. The Balaban J connectivity index is 2.61. The maximum absolute atomic E-state index is 12.0. The first-order chi connectivity index (χ1) is 8.45. The molecule has 1 aromatic rings. The van der Waals surface area contributed by atoms with Gasteiger partial charge in [-0.05, 0) is 37.2 Å². The fourth-order valence-electron chi connectivity index (χ4n) is 1.50. The quantitative estimate of drug-likeness (QED) is 0.747. The molecule has 1 rings (SSSR count). The van der Waals surface area contributed by atoms with Gasteiger partial charge < -0.3 is 10.4 Å². The molecule has 1 atom stereocenters. The lowest BCUT2D eigenvalue weighted by Crippen LogP contribution is -2.32. The number of benzene rings is 1. The number of hydrogen-bond donors (Lipinski definition) is 2. The minimum absolute atomic E-state index is 0.182. The Hall–Kier alpha value is -0.620. The zero-order valence-electron chi connectivity index (χ0n) is 10.3. The van der Waals surface area contributed by atoms with Gasteiger partial charge in [0.2, 0.25) is 0 Å². The van der Waals surface area contributed by atoms with Gasteiger partial charge in [0.15, 0.2) is 9.84 Å². The molecule has 0 spiro atoms. The molecule has 1 unspecified atom stereocenters. The number of rotatable bonds is 7. The van der Waals surface area contributed by atoms with Crippen LogP contribution in [0.5, 0.6) is 0 Å². The molecule has 18 heavy (non-hydrogen) atoms. The van der Waals surface area contributed by atoms with Crippen molar-refractivity contribution in [1.82, 2.24) is 5.32 Å². The van der Waals surface area contributed by atoms with Crippen LogP contribution in [0, 0.1) is 0 Å². The third kappa shape index (κ3) is 4.94. The SMILES string of the molecule is CCCNCC(O)CS(=O)(=O)c1ccc(Cl)cc1. The molecule has 0 heterocycles. The summed E-state index contributed by atoms with van der Waals surface area (Å²) in [5.74, 6) is -0.286. The van der Waals surface area contributed by atoms with Gasteiger partial charge in [0.05, 0.1) is 16.8 Å². The molecule has 4 nitrogen and oxygen atoms in total. The zero-order chi connectivity index (χ0) is 13.6. The van der Waals surface area contributed by atoms with Gasteiger partial charge in [-0.25, -0.2) is 8.42 Å². The van der Waals surface area contributed by atoms with E-state index in [4.69, 9.17) is 11.6 Å². The summed E-state index contributed by atoms with van der Waals surface area (Å²) in [6.45, 7) is 3.04. The van der Waals surface area contributed by atoms with Crippen LogP contribution >= 0.6 is 11.6 Å². The molecule has 0 saturated carbocycles. The van der Waals surface area contributed by atoms with Crippen LogP contribution in [0.4, 0.5) is 0 Å². The highest BCUT2D eigenvalue weighted by molar-refractivity contribution is 7.91. The van der Waals surface area contributed by atoms with Gasteiger partial charge >= 0.3 is 0 Å². The van der Waals surface area contributed by atoms with Crippen LogP contribution in [0.15, 0.2) is 29.2 Å². The fourth-order valence-corrected chi connectivity index (χ4v) is 2.99. The maximum Gasteiger partial charge on any atom is 0.180 e. The van der Waals surface area contributed by atoms with Crippen molar-refractivity contribution < 1.29 is 13.5 Å². The summed E-state index contributed by atoms with van der Waals surface area (Å²) in [4.78, 5) is 0.182. The molecule has 0 aliphatic heterocycles. The third-order valence-corrected chi connectivity index (χ3v) is 4.46. The first-order valence-corrected chi connectivity index (χ1v) is 7.86. The van der Waals surface area contributed by atoms with Crippen LogP contribution in [0.25, 0.3) is 0 Å². The Labute approximate surface area is 113 Å². The van der Waals surface area contributed by atoms with Crippen molar-refractivity contribution in [2.24, 2.45) is 0 Å². The van der Waals surface area contributed by atoms with Crippen molar-refractivity contribution in [2.45, 2.75) is 24.3 Å². The zero-order valence-corrected chi connectivity index (χ0v) is 11.8. The average molecular weight is 292 g/mol. The Morgan fingerprint density at radius 3 is 2.50 bits per heavy atom. The summed E-state index contributed by atoms with van der Waals surface area (Å²) in [6, 6.07) is 5.94. The number of sulfone groups is 1. The van der Waals surface area contributed by atoms with E-state index in [0.29, 0.717) is 5.02 Å². The van der Waals surface area contributed by atoms with Crippen molar-refractivity contribution >= 4 is 21.4 Å². The summed E-state index contributed by atoms with van der Waals surface area (Å²) in [6.07, 6.45) is 0.0358. The predicted molar refractivity (Wildman–Crippen MR) is 72.7 cm³/mol. The van der Waals surface area contributed by atoms with Gasteiger partial charge in [0.1, 0.15) is 0 Å². The molecular weight excluding hydrogens is 274 g/mol. The van der Waals surface area contributed by atoms with Crippen molar-refractivity contribution in [2.75, 3.05) is 18.8 Å². The summed E-state index contributed by atoms with van der Waals surface area (Å²) in [5.41, 5.74) is 0. The molecule has 6 heteroatoms. The van der Waals surface area contributed by atoms with Crippen LogP contribution in [0.1, 0.15) is 13.3 Å². The summed E-state index contributed by atoms with van der Waals surface area (Å²) >= 11 is 5.70. The second-order valence-corrected chi connectivity index (χ2v) is 6.56. The van der Waals surface area contributed by atoms with Crippen LogP contribution in [-0.4, -0.2) is 38.5 Å². The second-order valence-electron chi connectivity index (χ2n) is 4.09. The number of aliphatic hydroxyl groups is 1. The molecule has 0 aliphatic carbocycles. The van der Waals surface area contributed by atoms with Gasteiger partial charge in [0.25, 0.3) is 0 Å². The van der Waals surface area contributed by atoms with E-state index in [0.717, 1.165) is 13.0 Å². The summed E-state index contributed by atoms with van der Waals surface area (Å²) in [7, 11) is -3.46. The van der Waals surface area contributed by atoms with Crippen molar-refractivity contribution in [3.8, 4) is 0 Å². The molecule has 0 fully saturated rings. The highest BCUT2D eigenvalue weighted by Gasteiger charge is 2.19. The number of halogens is 1. The highest BCUT2D eigenvalue weighted by Crippen LogP contribution is 2.15. The van der Waals surface area contributed by atoms with Crippen molar-refractivity contribution in [1.29, 1.82) is 0 Å². The largest absolute Gasteiger partial charge is 0.391 e. The van der Waals surface area contributed by atoms with Gasteiger partial charge in [-0.2, -0.15) is 0 Å². The van der Waals surface area contributed by atoms with Gasteiger partial charge in [0, 0.05) is 11.6 Å². The molecular formula is C12H18ClNO3S. The van der Waals surface area contributed by atoms with E-state index in [9.17, 15) is 13.5 Å². The Bertz CT molecular complexity index is 459. The molecule has 0 aliphatic rings. The molecule has 0 aromatic heterocycles. The Morgan fingerprint density at radius 1 is 1.33 bits per heavy atom. The van der Waals surface area contributed by atoms with E-state index in [1.807, 2.05) is 6.92 Å². The topological polar surface area (TPSA) is 66.4 Å². The number of aliphatic hydroxyl groups excluding tert-OH is 1. The minimum atomic E-state index is -3.46. The van der Waals surface area contributed by atoms with E-state index < -0.39 is 15.9 Å². The first-order valence-electron chi connectivity index (χ1n) is 5.83. The molecule has 0 saturated heterocycles. The Kier molecular flexibility index (Phi) is 6.08. The monoisotopic (exact) mass is 291 g/mol. The average Bonchev–Trinajstić information content (AvgIpc) is 2.29. The molecule has 102 valence electrons. The highest BCUT2D eigenvalue weighted by atomic mass is 35.5. The van der Waals surface area contributed by atoms with Crippen molar-refractivity contribution in [3.63, 3.8) is 0 Å². The second kappa shape index (κ2) is 7.09. The van der Waals surface area contributed by atoms with Gasteiger partial charge in [-0.3, -0.25) is 0 Å². The minimum Gasteiger partial charge on any atom is -0.391 e. The van der Waals surface area contributed by atoms with E-state index in [2.05, 4.69) is 5.32 Å². The third-order valence-electron chi connectivity index (χ3n) is 2.39. The van der Waals surface area contributed by atoms with Gasteiger partial charge in [-0.15, -0.1) is 0 Å². The normalized spacial score (nSPS) is 13.5.